The van der Waals surface area contributed by atoms with E-state index in [0.29, 0.717) is 6.42 Å². The third-order valence-corrected chi connectivity index (χ3v) is 6.51. The number of hydrogen-bond donors (Lipinski definition) is 2. The van der Waals surface area contributed by atoms with Crippen molar-refractivity contribution in [3.05, 3.63) is 0 Å². The Balaban J connectivity index is 2.06. The molecule has 162 valence electrons. The highest BCUT2D eigenvalue weighted by molar-refractivity contribution is 5.85. The van der Waals surface area contributed by atoms with Gasteiger partial charge in [0.15, 0.2) is 0 Å². The molecule has 1 rings (SSSR count). The number of aldehydes is 1. The maximum atomic E-state index is 12.2. The minimum absolute atomic E-state index is 0.0467. The molecule has 0 bridgehead atoms. The van der Waals surface area contributed by atoms with Crippen molar-refractivity contribution in [2.24, 2.45) is 5.92 Å². The fourth-order valence-corrected chi connectivity index (χ4v) is 4.13. The molecule has 6 heteroatoms. The van der Waals surface area contributed by atoms with Gasteiger partial charge in [-0.05, 0) is 45.6 Å². The molecular weight excluding hydrogens is 354 g/mol. The summed E-state index contributed by atoms with van der Waals surface area (Å²) in [6.45, 7) is 4.85. The van der Waals surface area contributed by atoms with Crippen LogP contribution in [0.5, 0.6) is 0 Å². The third-order valence-electron chi connectivity index (χ3n) is 6.51. The summed E-state index contributed by atoms with van der Waals surface area (Å²) in [6.07, 6.45) is 12.2. The molecule has 3 unspecified atom stereocenters. The van der Waals surface area contributed by atoms with E-state index in [1.165, 1.54) is 19.3 Å². The lowest BCUT2D eigenvalue weighted by molar-refractivity contribution is -0.134. The predicted molar refractivity (Wildman–Crippen MR) is 113 cm³/mol. The maximum Gasteiger partial charge on any atom is 0.240 e. The molecule has 6 nitrogen and oxygen atoms in total. The van der Waals surface area contributed by atoms with E-state index in [9.17, 15) is 14.4 Å². The molecule has 0 saturated carbocycles. The minimum atomic E-state index is -0.514. The number of likely N-dealkylation sites (N-methyl/N-ethyl adjacent to an activating group) is 2. The molecule has 1 aliphatic heterocycles. The molecular formula is C22H41N3O3. The van der Waals surface area contributed by atoms with Crippen molar-refractivity contribution in [1.29, 1.82) is 0 Å². The van der Waals surface area contributed by atoms with Gasteiger partial charge in [0.2, 0.25) is 11.8 Å². The average Bonchev–Trinajstić information content (AvgIpc) is 3.19. The van der Waals surface area contributed by atoms with E-state index >= 15 is 0 Å². The Labute approximate surface area is 171 Å². The molecule has 28 heavy (non-hydrogen) atoms. The fourth-order valence-electron chi connectivity index (χ4n) is 4.13. The highest BCUT2D eigenvalue weighted by Gasteiger charge is 2.36. The minimum Gasteiger partial charge on any atom is -0.358 e. The van der Waals surface area contributed by atoms with Gasteiger partial charge in [-0.15, -0.1) is 0 Å². The maximum absolute atomic E-state index is 12.2. The molecule has 1 saturated heterocycles. The van der Waals surface area contributed by atoms with Gasteiger partial charge >= 0.3 is 0 Å². The number of amides is 2. The van der Waals surface area contributed by atoms with Crippen LogP contribution in [-0.4, -0.2) is 55.2 Å². The molecule has 0 aromatic rings. The molecule has 2 N–H and O–H groups in total. The van der Waals surface area contributed by atoms with Crippen LogP contribution in [0.25, 0.3) is 0 Å². The van der Waals surface area contributed by atoms with Crippen LogP contribution < -0.4 is 10.6 Å². The first-order chi connectivity index (χ1) is 13.4. The van der Waals surface area contributed by atoms with Crippen molar-refractivity contribution in [2.75, 3.05) is 20.6 Å². The van der Waals surface area contributed by atoms with Crippen LogP contribution in [-0.2, 0) is 14.4 Å². The Morgan fingerprint density at radius 2 is 1.71 bits per heavy atom. The fraction of sp³-hybridized carbons (Fsp3) is 0.864. The largest absolute Gasteiger partial charge is 0.358 e. The number of likely N-dealkylation sites (tertiary alicyclic amines) is 1. The zero-order valence-corrected chi connectivity index (χ0v) is 18.4. The number of rotatable bonds is 14. The number of nitrogens with one attached hydrogen (secondary N) is 2. The topological polar surface area (TPSA) is 78.5 Å². The zero-order valence-electron chi connectivity index (χ0n) is 18.4. The lowest BCUT2D eigenvalue weighted by Crippen LogP contribution is -2.56. The normalized spacial score (nSPS) is 19.9. The van der Waals surface area contributed by atoms with Gasteiger partial charge in [-0.2, -0.15) is 0 Å². The van der Waals surface area contributed by atoms with E-state index in [4.69, 9.17) is 0 Å². The first-order valence-corrected chi connectivity index (χ1v) is 11.1. The quantitative estimate of drug-likeness (QED) is 0.350. The van der Waals surface area contributed by atoms with Gasteiger partial charge in [-0.3, -0.25) is 9.59 Å². The zero-order chi connectivity index (χ0) is 21.0. The molecule has 1 heterocycles. The Bertz CT molecular complexity index is 497. The highest BCUT2D eigenvalue weighted by Crippen LogP contribution is 2.23. The van der Waals surface area contributed by atoms with E-state index in [1.807, 2.05) is 14.0 Å². The van der Waals surface area contributed by atoms with Crippen molar-refractivity contribution < 1.29 is 14.4 Å². The lowest BCUT2D eigenvalue weighted by Gasteiger charge is -2.33. The summed E-state index contributed by atoms with van der Waals surface area (Å²) in [4.78, 5) is 37.0. The standard InChI is InChI=1S/C22H41N3O3/c1-18(22(2,24-4)21(28)23-3)13-10-8-6-5-7-9-11-15-20(27)25-16-12-14-19(25)17-26/h17-19,24H,5-16H2,1-4H3,(H,23,28). The predicted octanol–water partition coefficient (Wildman–Crippen LogP) is 3.05. The van der Waals surface area contributed by atoms with E-state index in [2.05, 4.69) is 17.6 Å². The monoisotopic (exact) mass is 395 g/mol. The molecule has 1 fully saturated rings. The van der Waals surface area contributed by atoms with Crippen LogP contribution in [0.4, 0.5) is 0 Å². The molecule has 0 radical (unpaired) electrons. The van der Waals surface area contributed by atoms with E-state index in [-0.39, 0.29) is 23.8 Å². The van der Waals surface area contributed by atoms with Crippen LogP contribution in [0, 0.1) is 5.92 Å². The Morgan fingerprint density at radius 1 is 1.11 bits per heavy atom. The Hall–Kier alpha value is -1.43. The summed E-state index contributed by atoms with van der Waals surface area (Å²) in [5, 5.41) is 5.93. The summed E-state index contributed by atoms with van der Waals surface area (Å²) in [5.74, 6) is 0.474. The Morgan fingerprint density at radius 3 is 2.29 bits per heavy atom. The summed E-state index contributed by atoms with van der Waals surface area (Å²) in [6, 6.07) is -0.178. The van der Waals surface area contributed by atoms with Gasteiger partial charge in [-0.1, -0.05) is 45.4 Å². The summed E-state index contributed by atoms with van der Waals surface area (Å²) >= 11 is 0. The van der Waals surface area contributed by atoms with Crippen LogP contribution in [0.15, 0.2) is 0 Å². The van der Waals surface area contributed by atoms with Crippen molar-refractivity contribution in [3.63, 3.8) is 0 Å². The van der Waals surface area contributed by atoms with Crippen molar-refractivity contribution in [3.8, 4) is 0 Å². The van der Waals surface area contributed by atoms with Gasteiger partial charge in [0.05, 0.1) is 11.6 Å². The second kappa shape index (κ2) is 12.9. The van der Waals surface area contributed by atoms with Gasteiger partial charge in [0.1, 0.15) is 6.29 Å². The molecule has 0 aromatic heterocycles. The Kier molecular flexibility index (Phi) is 11.4. The van der Waals surface area contributed by atoms with Crippen LogP contribution >= 0.6 is 0 Å². The van der Waals surface area contributed by atoms with Crippen molar-refractivity contribution in [1.82, 2.24) is 15.5 Å². The molecule has 0 aliphatic carbocycles. The highest BCUT2D eigenvalue weighted by atomic mass is 16.2. The number of carbonyl (C=O) groups excluding carboxylic acids is 3. The van der Waals surface area contributed by atoms with Crippen molar-refractivity contribution in [2.45, 2.75) is 96.1 Å². The van der Waals surface area contributed by atoms with Crippen LogP contribution in [0.2, 0.25) is 0 Å². The molecule has 2 amide bonds. The second-order valence-electron chi connectivity index (χ2n) is 8.38. The molecule has 0 aromatic carbocycles. The second-order valence-corrected chi connectivity index (χ2v) is 8.38. The van der Waals surface area contributed by atoms with Gasteiger partial charge in [0, 0.05) is 20.0 Å². The number of carbonyl (C=O) groups is 3. The van der Waals surface area contributed by atoms with Crippen LogP contribution in [0.3, 0.4) is 0 Å². The summed E-state index contributed by atoms with van der Waals surface area (Å²) in [5.41, 5.74) is -0.514. The summed E-state index contributed by atoms with van der Waals surface area (Å²) < 4.78 is 0. The lowest BCUT2D eigenvalue weighted by atomic mass is 9.82. The van der Waals surface area contributed by atoms with Gasteiger partial charge < -0.3 is 20.3 Å². The third kappa shape index (κ3) is 7.19. The molecule has 1 aliphatic rings. The smallest absolute Gasteiger partial charge is 0.240 e. The molecule has 0 spiro atoms. The van der Waals surface area contributed by atoms with Crippen LogP contribution in [0.1, 0.15) is 84.5 Å². The van der Waals surface area contributed by atoms with E-state index in [1.54, 1.807) is 11.9 Å². The van der Waals surface area contributed by atoms with E-state index < -0.39 is 5.54 Å². The van der Waals surface area contributed by atoms with Gasteiger partial charge in [0.25, 0.3) is 0 Å². The SMILES string of the molecule is CNC(=O)C(C)(NC)C(C)CCCCCCCCCC(=O)N1CCCC1C=O. The number of unbranched alkanes of at least 4 members (excludes halogenated alkanes) is 6. The van der Waals surface area contributed by atoms with E-state index in [0.717, 1.165) is 57.8 Å². The van der Waals surface area contributed by atoms with Crippen molar-refractivity contribution >= 4 is 18.1 Å². The number of hydrogen-bond acceptors (Lipinski definition) is 4. The number of nitrogens with zero attached hydrogens (tertiary/aromatic N) is 1. The molecule has 3 atom stereocenters. The van der Waals surface area contributed by atoms with Gasteiger partial charge in [-0.25, -0.2) is 0 Å². The average molecular weight is 396 g/mol. The first-order valence-electron chi connectivity index (χ1n) is 11.1. The first kappa shape index (κ1) is 24.6. The summed E-state index contributed by atoms with van der Waals surface area (Å²) in [7, 11) is 3.53.